The first-order chi connectivity index (χ1) is 8.31. The summed E-state index contributed by atoms with van der Waals surface area (Å²) in [4.78, 5) is 10.8. The molecule has 17 heavy (non-hydrogen) atoms. The van der Waals surface area contributed by atoms with Gasteiger partial charge in [-0.05, 0) is 11.6 Å². The fourth-order valence-corrected chi connectivity index (χ4v) is 2.15. The van der Waals surface area contributed by atoms with E-state index in [1.54, 1.807) is 0 Å². The van der Waals surface area contributed by atoms with E-state index in [9.17, 15) is 0 Å². The van der Waals surface area contributed by atoms with Crippen molar-refractivity contribution in [1.82, 2.24) is 19.4 Å². The lowest BCUT2D eigenvalue weighted by molar-refractivity contribution is 0.208. The zero-order valence-corrected chi connectivity index (χ0v) is 9.58. The van der Waals surface area contributed by atoms with Crippen molar-refractivity contribution in [2.24, 2.45) is 0 Å². The van der Waals surface area contributed by atoms with Gasteiger partial charge in [0.25, 0.3) is 0 Å². The molecule has 5 nitrogen and oxygen atoms in total. The molecule has 3 heterocycles. The molecule has 1 aliphatic heterocycles. The Bertz CT molecular complexity index is 502. The standard InChI is InChI=1S/C12H15N5/c13-11-2-1-10(7-15-11)8-16-5-6-17-4-3-14-12(17)9-16/h1-4,7H,5-6,8-9H2,(H2,13,15). The van der Waals surface area contributed by atoms with Crippen molar-refractivity contribution in [3.8, 4) is 0 Å². The summed E-state index contributed by atoms with van der Waals surface area (Å²) in [6.45, 7) is 3.86. The fourth-order valence-electron chi connectivity index (χ4n) is 2.15. The van der Waals surface area contributed by atoms with Crippen LogP contribution in [0, 0.1) is 0 Å². The van der Waals surface area contributed by atoms with Gasteiger partial charge in [-0.3, -0.25) is 4.90 Å². The van der Waals surface area contributed by atoms with Gasteiger partial charge in [-0.15, -0.1) is 0 Å². The summed E-state index contributed by atoms with van der Waals surface area (Å²) in [5.41, 5.74) is 6.76. The molecule has 3 rings (SSSR count). The lowest BCUT2D eigenvalue weighted by atomic mass is 10.2. The third kappa shape index (κ3) is 2.14. The van der Waals surface area contributed by atoms with Crippen LogP contribution in [-0.4, -0.2) is 26.0 Å². The molecule has 0 fully saturated rings. The summed E-state index contributed by atoms with van der Waals surface area (Å²) >= 11 is 0. The molecule has 2 N–H and O–H groups in total. The Kier molecular flexibility index (Phi) is 2.53. The van der Waals surface area contributed by atoms with Crippen LogP contribution in [-0.2, 0) is 19.6 Å². The second-order valence-electron chi connectivity index (χ2n) is 4.34. The first kappa shape index (κ1) is 10.3. The van der Waals surface area contributed by atoms with Gasteiger partial charge < -0.3 is 10.3 Å². The molecular formula is C12H15N5. The molecule has 0 atom stereocenters. The highest BCUT2D eigenvalue weighted by Gasteiger charge is 2.16. The highest BCUT2D eigenvalue weighted by molar-refractivity contribution is 5.29. The zero-order valence-electron chi connectivity index (χ0n) is 9.58. The summed E-state index contributed by atoms with van der Waals surface area (Å²) in [6, 6.07) is 3.88. The van der Waals surface area contributed by atoms with Crippen molar-refractivity contribution in [3.05, 3.63) is 42.1 Å². The maximum atomic E-state index is 5.57. The Morgan fingerprint density at radius 3 is 3.00 bits per heavy atom. The topological polar surface area (TPSA) is 60.0 Å². The van der Waals surface area contributed by atoms with E-state index in [-0.39, 0.29) is 0 Å². The van der Waals surface area contributed by atoms with Crippen LogP contribution < -0.4 is 5.73 Å². The van der Waals surface area contributed by atoms with Crippen LogP contribution >= 0.6 is 0 Å². The van der Waals surface area contributed by atoms with E-state index >= 15 is 0 Å². The number of pyridine rings is 1. The zero-order chi connectivity index (χ0) is 11.7. The van der Waals surface area contributed by atoms with E-state index in [2.05, 4.69) is 19.4 Å². The van der Waals surface area contributed by atoms with Crippen LogP contribution in [0.25, 0.3) is 0 Å². The molecule has 0 bridgehead atoms. The summed E-state index contributed by atoms with van der Waals surface area (Å²) < 4.78 is 2.21. The Morgan fingerprint density at radius 2 is 2.18 bits per heavy atom. The molecule has 0 saturated heterocycles. The van der Waals surface area contributed by atoms with Crippen molar-refractivity contribution in [3.63, 3.8) is 0 Å². The van der Waals surface area contributed by atoms with Gasteiger partial charge in [-0.1, -0.05) is 6.07 Å². The molecule has 0 saturated carbocycles. The molecule has 0 aromatic carbocycles. The molecular weight excluding hydrogens is 214 g/mol. The third-order valence-electron chi connectivity index (χ3n) is 3.08. The SMILES string of the molecule is Nc1ccc(CN2CCn3ccnc3C2)cn1. The average Bonchev–Trinajstić information content (AvgIpc) is 2.79. The van der Waals surface area contributed by atoms with Crippen molar-refractivity contribution in [2.75, 3.05) is 12.3 Å². The smallest absolute Gasteiger partial charge is 0.123 e. The number of aromatic nitrogens is 3. The molecule has 2 aromatic rings. The number of nitrogens with zero attached hydrogens (tertiary/aromatic N) is 4. The number of hydrogen-bond donors (Lipinski definition) is 1. The van der Waals surface area contributed by atoms with Crippen LogP contribution in [0.1, 0.15) is 11.4 Å². The Balaban J connectivity index is 1.69. The Labute approximate surface area is 99.9 Å². The van der Waals surface area contributed by atoms with E-state index in [0.717, 1.165) is 32.0 Å². The lowest BCUT2D eigenvalue weighted by Crippen LogP contribution is -2.33. The molecule has 0 amide bonds. The summed E-state index contributed by atoms with van der Waals surface area (Å²) in [7, 11) is 0. The first-order valence-electron chi connectivity index (χ1n) is 5.74. The van der Waals surface area contributed by atoms with E-state index in [0.29, 0.717) is 5.82 Å². The molecule has 0 aliphatic carbocycles. The minimum atomic E-state index is 0.572. The first-order valence-corrected chi connectivity index (χ1v) is 5.74. The molecule has 5 heteroatoms. The van der Waals surface area contributed by atoms with Crippen molar-refractivity contribution < 1.29 is 0 Å². The minimum Gasteiger partial charge on any atom is -0.384 e. The number of nitrogen functional groups attached to an aromatic ring is 1. The number of rotatable bonds is 2. The van der Waals surface area contributed by atoms with Crippen LogP contribution in [0.2, 0.25) is 0 Å². The maximum absolute atomic E-state index is 5.57. The van der Waals surface area contributed by atoms with Gasteiger partial charge in [0.2, 0.25) is 0 Å². The second-order valence-corrected chi connectivity index (χ2v) is 4.34. The average molecular weight is 229 g/mol. The quantitative estimate of drug-likeness (QED) is 0.830. The largest absolute Gasteiger partial charge is 0.384 e. The highest BCUT2D eigenvalue weighted by atomic mass is 15.2. The van der Waals surface area contributed by atoms with Crippen LogP contribution in [0.5, 0.6) is 0 Å². The Hall–Kier alpha value is -1.88. The summed E-state index contributed by atoms with van der Waals surface area (Å²) in [5, 5.41) is 0. The number of fused-ring (bicyclic) bond motifs is 1. The molecule has 0 unspecified atom stereocenters. The normalized spacial score (nSPS) is 15.8. The fraction of sp³-hybridized carbons (Fsp3) is 0.333. The van der Waals surface area contributed by atoms with Gasteiger partial charge in [0.05, 0.1) is 6.54 Å². The number of imidazole rings is 1. The molecule has 1 aliphatic rings. The van der Waals surface area contributed by atoms with Crippen LogP contribution in [0.4, 0.5) is 5.82 Å². The molecule has 88 valence electrons. The van der Waals surface area contributed by atoms with Gasteiger partial charge in [-0.2, -0.15) is 0 Å². The van der Waals surface area contributed by atoms with Gasteiger partial charge in [0.15, 0.2) is 0 Å². The molecule has 0 spiro atoms. The monoisotopic (exact) mass is 229 g/mol. The third-order valence-corrected chi connectivity index (χ3v) is 3.08. The van der Waals surface area contributed by atoms with E-state index < -0.39 is 0 Å². The van der Waals surface area contributed by atoms with Crippen molar-refractivity contribution in [1.29, 1.82) is 0 Å². The number of hydrogen-bond acceptors (Lipinski definition) is 4. The molecule has 2 aromatic heterocycles. The minimum absolute atomic E-state index is 0.572. The number of anilines is 1. The van der Waals surface area contributed by atoms with Gasteiger partial charge in [0.1, 0.15) is 11.6 Å². The van der Waals surface area contributed by atoms with Crippen LogP contribution in [0.3, 0.4) is 0 Å². The van der Waals surface area contributed by atoms with Crippen molar-refractivity contribution >= 4 is 5.82 Å². The molecule has 0 radical (unpaired) electrons. The van der Waals surface area contributed by atoms with E-state index in [1.165, 1.54) is 5.56 Å². The van der Waals surface area contributed by atoms with E-state index in [4.69, 9.17) is 5.73 Å². The summed E-state index contributed by atoms with van der Waals surface area (Å²) in [6.07, 6.45) is 5.75. The van der Waals surface area contributed by atoms with Crippen molar-refractivity contribution in [2.45, 2.75) is 19.6 Å². The van der Waals surface area contributed by atoms with Gasteiger partial charge >= 0.3 is 0 Å². The predicted octanol–water partition coefficient (Wildman–Crippen LogP) is 0.876. The summed E-state index contributed by atoms with van der Waals surface area (Å²) in [5.74, 6) is 1.71. The second kappa shape index (κ2) is 4.18. The van der Waals surface area contributed by atoms with Gasteiger partial charge in [-0.25, -0.2) is 9.97 Å². The lowest BCUT2D eigenvalue weighted by Gasteiger charge is -2.27. The maximum Gasteiger partial charge on any atom is 0.123 e. The number of nitrogens with two attached hydrogens (primary N) is 1. The van der Waals surface area contributed by atoms with E-state index in [1.807, 2.05) is 30.7 Å². The predicted molar refractivity (Wildman–Crippen MR) is 65.0 cm³/mol. The Morgan fingerprint density at radius 1 is 1.24 bits per heavy atom. The van der Waals surface area contributed by atoms with Crippen LogP contribution in [0.15, 0.2) is 30.7 Å². The highest BCUT2D eigenvalue weighted by Crippen LogP contribution is 2.13. The van der Waals surface area contributed by atoms with Gasteiger partial charge in [0, 0.05) is 38.2 Å².